The minimum absolute atomic E-state index is 0.0832. The summed E-state index contributed by atoms with van der Waals surface area (Å²) in [6, 6.07) is 12.8. The molecule has 0 aliphatic carbocycles. The molecule has 3 aromatic rings. The van der Waals surface area contributed by atoms with Gasteiger partial charge >= 0.3 is 10.1 Å². The molecule has 0 bridgehead atoms. The van der Waals surface area contributed by atoms with Crippen molar-refractivity contribution in [3.63, 3.8) is 0 Å². The fourth-order valence-electron chi connectivity index (χ4n) is 2.62. The van der Waals surface area contributed by atoms with Crippen molar-refractivity contribution >= 4 is 44.0 Å². The van der Waals surface area contributed by atoms with Crippen LogP contribution in [0.15, 0.2) is 58.1 Å². The Labute approximate surface area is 141 Å². The Hall–Kier alpha value is -2.55. The lowest BCUT2D eigenvalue weighted by Crippen LogP contribution is -2.41. The average molecular weight is 359 g/mol. The molecular formula is C16H9NO5S2. The molecule has 120 valence electrons. The standard InChI is InChI=1S/C16H9NO5S2/c18-15-11-6-1-4-10-5-2-7-12(14(10)11)16(19)17(15)22-24(20,21)13-8-3-9-23-13/h1-9H. The lowest BCUT2D eigenvalue weighted by atomic mass is 9.95. The minimum Gasteiger partial charge on any atom is -0.266 e. The fraction of sp³-hybridized carbons (Fsp3) is 0. The first-order valence-electron chi connectivity index (χ1n) is 6.88. The maximum Gasteiger partial charge on any atom is 0.327 e. The molecule has 8 heteroatoms. The van der Waals surface area contributed by atoms with Crippen LogP contribution in [0.5, 0.6) is 0 Å². The largest absolute Gasteiger partial charge is 0.327 e. The van der Waals surface area contributed by atoms with Crippen molar-refractivity contribution in [2.45, 2.75) is 4.21 Å². The van der Waals surface area contributed by atoms with Crippen LogP contribution in [0.1, 0.15) is 20.7 Å². The van der Waals surface area contributed by atoms with Crippen molar-refractivity contribution in [2.24, 2.45) is 0 Å². The second-order valence-corrected chi connectivity index (χ2v) is 7.78. The van der Waals surface area contributed by atoms with Gasteiger partial charge in [-0.2, -0.15) is 8.42 Å². The topological polar surface area (TPSA) is 80.8 Å². The van der Waals surface area contributed by atoms with Gasteiger partial charge in [0.2, 0.25) is 0 Å². The molecule has 6 nitrogen and oxygen atoms in total. The number of hydrogen-bond acceptors (Lipinski definition) is 6. The van der Waals surface area contributed by atoms with Gasteiger partial charge in [0.05, 0.1) is 11.1 Å². The Balaban J connectivity index is 1.83. The summed E-state index contributed by atoms with van der Waals surface area (Å²) < 4.78 is 29.3. The van der Waals surface area contributed by atoms with Crippen LogP contribution in [-0.2, 0) is 14.4 Å². The predicted molar refractivity (Wildman–Crippen MR) is 87.0 cm³/mol. The normalized spacial score (nSPS) is 14.4. The molecule has 2 aromatic carbocycles. The molecule has 0 saturated heterocycles. The molecule has 1 aliphatic heterocycles. The highest BCUT2D eigenvalue weighted by atomic mass is 32.3. The van der Waals surface area contributed by atoms with E-state index in [4.69, 9.17) is 4.28 Å². The average Bonchev–Trinajstić information content (AvgIpc) is 3.12. The summed E-state index contributed by atoms with van der Waals surface area (Å²) in [5, 5.41) is 3.11. The lowest BCUT2D eigenvalue weighted by Gasteiger charge is -2.24. The van der Waals surface area contributed by atoms with Crippen LogP contribution in [0.2, 0.25) is 0 Å². The number of carbonyl (C=O) groups is 2. The summed E-state index contributed by atoms with van der Waals surface area (Å²) in [4.78, 5) is 25.2. The second kappa shape index (κ2) is 5.23. The number of hydrogen-bond donors (Lipinski definition) is 0. The molecule has 24 heavy (non-hydrogen) atoms. The van der Waals surface area contributed by atoms with Gasteiger partial charge in [-0.1, -0.05) is 30.3 Å². The van der Waals surface area contributed by atoms with E-state index in [9.17, 15) is 18.0 Å². The van der Waals surface area contributed by atoms with Crippen molar-refractivity contribution in [3.8, 4) is 0 Å². The van der Waals surface area contributed by atoms with Crippen LogP contribution in [0.3, 0.4) is 0 Å². The van der Waals surface area contributed by atoms with E-state index in [0.717, 1.165) is 16.7 Å². The molecule has 0 fully saturated rings. The third-order valence-corrected chi connectivity index (χ3v) is 6.19. The monoisotopic (exact) mass is 359 g/mol. The van der Waals surface area contributed by atoms with Gasteiger partial charge in [-0.3, -0.25) is 9.59 Å². The summed E-state index contributed by atoms with van der Waals surface area (Å²) in [7, 11) is -4.25. The first-order chi connectivity index (χ1) is 11.5. The zero-order chi connectivity index (χ0) is 16.9. The zero-order valence-corrected chi connectivity index (χ0v) is 13.6. The highest BCUT2D eigenvalue weighted by molar-refractivity contribution is 7.88. The summed E-state index contributed by atoms with van der Waals surface area (Å²) in [6.45, 7) is 0. The summed E-state index contributed by atoms with van der Waals surface area (Å²) in [5.41, 5.74) is 0.452. The predicted octanol–water partition coefficient (Wildman–Crippen LogP) is 2.82. The van der Waals surface area contributed by atoms with Crippen molar-refractivity contribution in [2.75, 3.05) is 0 Å². The molecule has 0 atom stereocenters. The van der Waals surface area contributed by atoms with Crippen molar-refractivity contribution in [3.05, 3.63) is 65.0 Å². The van der Waals surface area contributed by atoms with E-state index < -0.39 is 21.9 Å². The molecule has 2 amide bonds. The van der Waals surface area contributed by atoms with E-state index >= 15 is 0 Å². The highest BCUT2D eigenvalue weighted by Crippen LogP contribution is 2.31. The molecule has 4 rings (SSSR count). The number of hydroxylamine groups is 2. The number of nitrogens with zero attached hydrogens (tertiary/aromatic N) is 1. The number of thiophene rings is 1. The number of benzene rings is 2. The van der Waals surface area contributed by atoms with E-state index in [0.29, 0.717) is 10.4 Å². The second-order valence-electron chi connectivity index (χ2n) is 5.07. The van der Waals surface area contributed by atoms with Crippen LogP contribution < -0.4 is 0 Å². The van der Waals surface area contributed by atoms with Crippen LogP contribution >= 0.6 is 11.3 Å². The lowest BCUT2D eigenvalue weighted by molar-refractivity contribution is -0.0153. The molecule has 0 saturated carbocycles. The molecule has 0 N–H and O–H groups in total. The quantitative estimate of drug-likeness (QED) is 0.672. The summed E-state index contributed by atoms with van der Waals surface area (Å²) in [6.07, 6.45) is 0. The summed E-state index contributed by atoms with van der Waals surface area (Å²) >= 11 is 0.939. The number of carbonyl (C=O) groups excluding carboxylic acids is 2. The Bertz CT molecular complexity index is 1040. The Kier molecular flexibility index (Phi) is 3.27. The Morgan fingerprint density at radius 2 is 1.50 bits per heavy atom. The summed E-state index contributed by atoms with van der Waals surface area (Å²) in [5.74, 6) is -1.60. The van der Waals surface area contributed by atoms with E-state index in [2.05, 4.69) is 0 Å². The number of amides is 2. The van der Waals surface area contributed by atoms with Crippen LogP contribution in [-0.4, -0.2) is 25.3 Å². The third kappa shape index (κ3) is 2.15. The Morgan fingerprint density at radius 3 is 2.04 bits per heavy atom. The van der Waals surface area contributed by atoms with Crippen molar-refractivity contribution in [1.82, 2.24) is 5.06 Å². The fourth-order valence-corrected chi connectivity index (χ4v) is 4.44. The van der Waals surface area contributed by atoms with E-state index in [1.54, 1.807) is 29.6 Å². The number of rotatable bonds is 3. The van der Waals surface area contributed by atoms with Gasteiger partial charge in [0, 0.05) is 5.39 Å². The Morgan fingerprint density at radius 1 is 0.875 bits per heavy atom. The molecule has 0 radical (unpaired) electrons. The SMILES string of the molecule is O=C1c2cccc3cccc(c23)C(=O)N1OS(=O)(=O)c1cccs1. The molecule has 0 unspecified atom stereocenters. The van der Waals surface area contributed by atoms with E-state index in [1.165, 1.54) is 24.3 Å². The van der Waals surface area contributed by atoms with E-state index in [-0.39, 0.29) is 15.3 Å². The van der Waals surface area contributed by atoms with E-state index in [1.807, 2.05) is 0 Å². The van der Waals surface area contributed by atoms with Crippen molar-refractivity contribution < 1.29 is 22.3 Å². The van der Waals surface area contributed by atoms with Crippen LogP contribution in [0.25, 0.3) is 10.8 Å². The molecule has 2 heterocycles. The van der Waals surface area contributed by atoms with Crippen LogP contribution in [0.4, 0.5) is 0 Å². The molecule has 0 spiro atoms. The van der Waals surface area contributed by atoms with Gasteiger partial charge in [0.25, 0.3) is 11.8 Å². The minimum atomic E-state index is -4.25. The smallest absolute Gasteiger partial charge is 0.266 e. The van der Waals surface area contributed by atoms with Gasteiger partial charge in [-0.05, 0) is 29.0 Å². The zero-order valence-electron chi connectivity index (χ0n) is 12.0. The van der Waals surface area contributed by atoms with Gasteiger partial charge in [0.15, 0.2) is 0 Å². The van der Waals surface area contributed by atoms with Gasteiger partial charge in [-0.25, -0.2) is 0 Å². The third-order valence-electron chi connectivity index (χ3n) is 3.65. The number of imide groups is 1. The molecule has 1 aliphatic rings. The van der Waals surface area contributed by atoms with Crippen LogP contribution in [0, 0.1) is 0 Å². The van der Waals surface area contributed by atoms with Gasteiger partial charge < -0.3 is 0 Å². The maximum atomic E-state index is 12.6. The molecule has 1 aromatic heterocycles. The molecular weight excluding hydrogens is 350 g/mol. The first-order valence-corrected chi connectivity index (χ1v) is 9.16. The first kappa shape index (κ1) is 15.0. The highest BCUT2D eigenvalue weighted by Gasteiger charge is 2.37. The van der Waals surface area contributed by atoms with Gasteiger partial charge in [-0.15, -0.1) is 20.7 Å². The van der Waals surface area contributed by atoms with Gasteiger partial charge in [0.1, 0.15) is 4.21 Å². The maximum absolute atomic E-state index is 12.6. The van der Waals surface area contributed by atoms with Crippen molar-refractivity contribution in [1.29, 1.82) is 0 Å².